The molecule has 0 N–H and O–H groups in total. The fraction of sp³-hybridized carbons (Fsp3) is 0.0833. The molecular formula is C24H20N2O2. The number of para-hydroxylation sites is 1. The molecule has 1 heterocycles. The van der Waals surface area contributed by atoms with E-state index in [4.69, 9.17) is 9.72 Å². The van der Waals surface area contributed by atoms with Gasteiger partial charge >= 0.3 is 0 Å². The number of nitrogens with zero attached hydrogens (tertiary/aromatic N) is 2. The molecule has 0 aliphatic rings. The molecule has 28 heavy (non-hydrogen) atoms. The minimum atomic E-state index is -0.0975. The van der Waals surface area contributed by atoms with Crippen LogP contribution in [-0.4, -0.2) is 16.7 Å². The molecule has 0 unspecified atom stereocenters. The highest BCUT2D eigenvalue weighted by Crippen LogP contribution is 2.18. The van der Waals surface area contributed by atoms with Crippen molar-refractivity contribution >= 4 is 23.1 Å². The molecule has 0 atom stereocenters. The van der Waals surface area contributed by atoms with Gasteiger partial charge in [0.1, 0.15) is 11.6 Å². The molecule has 0 saturated heterocycles. The smallest absolute Gasteiger partial charge is 0.266 e. The molecule has 0 aliphatic carbocycles. The minimum absolute atomic E-state index is 0.0975. The quantitative estimate of drug-likeness (QED) is 0.516. The van der Waals surface area contributed by atoms with E-state index in [1.165, 1.54) is 5.56 Å². The van der Waals surface area contributed by atoms with Crippen LogP contribution in [0.4, 0.5) is 0 Å². The third kappa shape index (κ3) is 3.45. The first-order valence-electron chi connectivity index (χ1n) is 9.07. The van der Waals surface area contributed by atoms with Crippen LogP contribution in [0.1, 0.15) is 17.0 Å². The first-order chi connectivity index (χ1) is 13.7. The summed E-state index contributed by atoms with van der Waals surface area (Å²) < 4.78 is 6.87. The zero-order chi connectivity index (χ0) is 19.5. The molecule has 0 saturated carbocycles. The summed E-state index contributed by atoms with van der Waals surface area (Å²) in [7, 11) is 1.62. The van der Waals surface area contributed by atoms with Crippen LogP contribution in [0.3, 0.4) is 0 Å². The molecular weight excluding hydrogens is 348 g/mol. The zero-order valence-corrected chi connectivity index (χ0v) is 15.8. The second kappa shape index (κ2) is 7.53. The molecule has 4 heteroatoms. The van der Waals surface area contributed by atoms with Crippen LogP contribution in [0, 0.1) is 6.92 Å². The molecule has 1 aromatic heterocycles. The summed E-state index contributed by atoms with van der Waals surface area (Å²) in [4.78, 5) is 18.0. The van der Waals surface area contributed by atoms with Crippen molar-refractivity contribution in [1.82, 2.24) is 9.55 Å². The lowest BCUT2D eigenvalue weighted by Gasteiger charge is -2.12. The second-order valence-corrected chi connectivity index (χ2v) is 6.57. The Bertz CT molecular complexity index is 1220. The van der Waals surface area contributed by atoms with E-state index in [9.17, 15) is 4.79 Å². The Morgan fingerprint density at radius 1 is 0.929 bits per heavy atom. The standard InChI is InChI=1S/C24H20N2O2/c1-17-6-5-7-18(16-17)10-15-23-25-22-9-4-3-8-21(22)24(27)26(23)19-11-13-20(28-2)14-12-19/h3-16H,1-2H3. The van der Waals surface area contributed by atoms with Crippen molar-refractivity contribution < 1.29 is 4.74 Å². The summed E-state index contributed by atoms with van der Waals surface area (Å²) >= 11 is 0. The summed E-state index contributed by atoms with van der Waals surface area (Å²) in [6.45, 7) is 2.05. The molecule has 0 radical (unpaired) electrons. The average molecular weight is 368 g/mol. The van der Waals surface area contributed by atoms with Gasteiger partial charge in [0.05, 0.1) is 23.7 Å². The lowest BCUT2D eigenvalue weighted by molar-refractivity contribution is 0.414. The van der Waals surface area contributed by atoms with E-state index in [1.54, 1.807) is 17.7 Å². The van der Waals surface area contributed by atoms with Crippen LogP contribution in [0.15, 0.2) is 77.6 Å². The number of benzene rings is 3. The molecule has 0 amide bonds. The molecule has 4 aromatic rings. The Balaban J connectivity index is 1.91. The molecule has 0 spiro atoms. The maximum atomic E-state index is 13.2. The Hall–Kier alpha value is -3.66. The van der Waals surface area contributed by atoms with Crippen molar-refractivity contribution in [3.8, 4) is 11.4 Å². The Labute approximate surface area is 163 Å². The summed E-state index contributed by atoms with van der Waals surface area (Å²) in [5.74, 6) is 1.32. The van der Waals surface area contributed by atoms with E-state index in [0.717, 1.165) is 17.0 Å². The Morgan fingerprint density at radius 2 is 1.71 bits per heavy atom. The van der Waals surface area contributed by atoms with E-state index in [1.807, 2.05) is 66.7 Å². The van der Waals surface area contributed by atoms with Gasteiger partial charge in [-0.15, -0.1) is 0 Å². The first-order valence-corrected chi connectivity index (χ1v) is 9.07. The summed E-state index contributed by atoms with van der Waals surface area (Å²) in [6.07, 6.45) is 3.86. The van der Waals surface area contributed by atoms with Crippen LogP contribution in [0.5, 0.6) is 5.75 Å². The van der Waals surface area contributed by atoms with Crippen LogP contribution in [0.2, 0.25) is 0 Å². The predicted molar refractivity (Wildman–Crippen MR) is 114 cm³/mol. The Kier molecular flexibility index (Phi) is 4.77. The number of hydrogen-bond donors (Lipinski definition) is 0. The monoisotopic (exact) mass is 368 g/mol. The van der Waals surface area contributed by atoms with Crippen molar-refractivity contribution in [2.24, 2.45) is 0 Å². The minimum Gasteiger partial charge on any atom is -0.497 e. The second-order valence-electron chi connectivity index (χ2n) is 6.57. The third-order valence-corrected chi connectivity index (χ3v) is 4.60. The maximum absolute atomic E-state index is 13.2. The van der Waals surface area contributed by atoms with Gasteiger partial charge < -0.3 is 4.74 Å². The van der Waals surface area contributed by atoms with Gasteiger partial charge in [0.2, 0.25) is 0 Å². The number of aryl methyl sites for hydroxylation is 1. The number of fused-ring (bicyclic) bond motifs is 1. The highest BCUT2D eigenvalue weighted by molar-refractivity contribution is 5.80. The van der Waals surface area contributed by atoms with Crippen molar-refractivity contribution in [3.05, 3.63) is 100 Å². The van der Waals surface area contributed by atoms with Gasteiger partial charge in [-0.3, -0.25) is 9.36 Å². The van der Waals surface area contributed by atoms with Gasteiger partial charge in [0.25, 0.3) is 5.56 Å². The van der Waals surface area contributed by atoms with Crippen LogP contribution < -0.4 is 10.3 Å². The van der Waals surface area contributed by atoms with Crippen molar-refractivity contribution in [3.63, 3.8) is 0 Å². The normalized spacial score (nSPS) is 11.2. The molecule has 3 aromatic carbocycles. The number of methoxy groups -OCH3 is 1. The van der Waals surface area contributed by atoms with Crippen molar-refractivity contribution in [2.75, 3.05) is 7.11 Å². The average Bonchev–Trinajstić information content (AvgIpc) is 2.73. The zero-order valence-electron chi connectivity index (χ0n) is 15.8. The largest absolute Gasteiger partial charge is 0.497 e. The van der Waals surface area contributed by atoms with Crippen LogP contribution in [0.25, 0.3) is 28.7 Å². The van der Waals surface area contributed by atoms with Gasteiger partial charge in [0, 0.05) is 0 Å². The van der Waals surface area contributed by atoms with E-state index < -0.39 is 0 Å². The third-order valence-electron chi connectivity index (χ3n) is 4.60. The molecule has 4 rings (SSSR count). The first kappa shape index (κ1) is 17.7. The number of rotatable bonds is 4. The van der Waals surface area contributed by atoms with Gasteiger partial charge in [0.15, 0.2) is 0 Å². The summed E-state index contributed by atoms with van der Waals surface area (Å²) in [5.41, 5.74) is 3.57. The Morgan fingerprint density at radius 3 is 2.46 bits per heavy atom. The fourth-order valence-corrected chi connectivity index (χ4v) is 3.19. The highest BCUT2D eigenvalue weighted by atomic mass is 16.5. The van der Waals surface area contributed by atoms with Crippen molar-refractivity contribution in [2.45, 2.75) is 6.92 Å². The van der Waals surface area contributed by atoms with E-state index in [2.05, 4.69) is 19.1 Å². The van der Waals surface area contributed by atoms with Gasteiger partial charge in [-0.1, -0.05) is 48.0 Å². The summed E-state index contributed by atoms with van der Waals surface area (Å²) in [6, 6.07) is 23.0. The van der Waals surface area contributed by atoms with E-state index in [0.29, 0.717) is 16.7 Å². The SMILES string of the molecule is COc1ccc(-n2c(C=Cc3cccc(C)c3)nc3ccccc3c2=O)cc1. The van der Waals surface area contributed by atoms with E-state index >= 15 is 0 Å². The maximum Gasteiger partial charge on any atom is 0.266 e. The molecule has 0 aliphatic heterocycles. The highest BCUT2D eigenvalue weighted by Gasteiger charge is 2.11. The number of aromatic nitrogens is 2. The molecule has 0 bridgehead atoms. The molecule has 0 fully saturated rings. The van der Waals surface area contributed by atoms with Gasteiger partial charge in [-0.2, -0.15) is 0 Å². The molecule has 4 nitrogen and oxygen atoms in total. The number of hydrogen-bond acceptors (Lipinski definition) is 3. The van der Waals surface area contributed by atoms with Crippen molar-refractivity contribution in [1.29, 1.82) is 0 Å². The topological polar surface area (TPSA) is 44.1 Å². The van der Waals surface area contributed by atoms with Gasteiger partial charge in [-0.25, -0.2) is 4.98 Å². The molecule has 138 valence electrons. The lowest BCUT2D eigenvalue weighted by Crippen LogP contribution is -2.22. The number of ether oxygens (including phenoxy) is 1. The predicted octanol–water partition coefficient (Wildman–Crippen LogP) is 4.87. The van der Waals surface area contributed by atoms with E-state index in [-0.39, 0.29) is 5.56 Å². The lowest BCUT2D eigenvalue weighted by atomic mass is 10.1. The summed E-state index contributed by atoms with van der Waals surface area (Å²) in [5, 5.41) is 0.589. The van der Waals surface area contributed by atoms with Crippen LogP contribution >= 0.6 is 0 Å². The van der Waals surface area contributed by atoms with Gasteiger partial charge in [-0.05, 0) is 55.0 Å². The van der Waals surface area contributed by atoms with Crippen LogP contribution in [-0.2, 0) is 0 Å². The fourth-order valence-electron chi connectivity index (χ4n) is 3.19.